The van der Waals surface area contributed by atoms with E-state index in [0.29, 0.717) is 24.1 Å². The molecule has 0 aliphatic carbocycles. The van der Waals surface area contributed by atoms with Gasteiger partial charge in [0, 0.05) is 54.5 Å². The normalized spacial score (nSPS) is 18.9. The highest BCUT2D eigenvalue weighted by molar-refractivity contribution is 14.0. The maximum atomic E-state index is 12.2. The maximum absolute atomic E-state index is 12.2. The van der Waals surface area contributed by atoms with Crippen LogP contribution in [-0.4, -0.2) is 59.6 Å². The van der Waals surface area contributed by atoms with E-state index in [4.69, 9.17) is 0 Å². The summed E-state index contributed by atoms with van der Waals surface area (Å²) in [6.07, 6.45) is 5.11. The number of guanidine groups is 1. The van der Waals surface area contributed by atoms with E-state index in [1.807, 2.05) is 30.3 Å². The van der Waals surface area contributed by atoms with Crippen LogP contribution in [0.3, 0.4) is 0 Å². The van der Waals surface area contributed by atoms with Crippen molar-refractivity contribution in [3.63, 3.8) is 0 Å². The average molecular weight is 521 g/mol. The SMILES string of the molecule is CCNC(=NCCCN1CCCCC1C)NCCS(=O)Cc1ccccc1.I. The van der Waals surface area contributed by atoms with E-state index in [-0.39, 0.29) is 24.0 Å². The van der Waals surface area contributed by atoms with Crippen LogP contribution in [0.2, 0.25) is 0 Å². The topological polar surface area (TPSA) is 56.7 Å². The highest BCUT2D eigenvalue weighted by Gasteiger charge is 2.16. The van der Waals surface area contributed by atoms with Gasteiger partial charge in [0.25, 0.3) is 0 Å². The molecular weight excluding hydrogens is 483 g/mol. The van der Waals surface area contributed by atoms with Gasteiger partial charge in [0.15, 0.2) is 5.96 Å². The molecule has 2 N–H and O–H groups in total. The zero-order valence-corrected chi connectivity index (χ0v) is 20.5. The van der Waals surface area contributed by atoms with Gasteiger partial charge in [-0.2, -0.15) is 0 Å². The minimum atomic E-state index is -0.858. The molecule has 1 aromatic carbocycles. The van der Waals surface area contributed by atoms with E-state index in [1.54, 1.807) is 0 Å². The lowest BCUT2D eigenvalue weighted by molar-refractivity contribution is 0.160. The van der Waals surface area contributed by atoms with Gasteiger partial charge in [-0.1, -0.05) is 36.8 Å². The molecule has 0 bridgehead atoms. The first kappa shape index (κ1) is 25.4. The van der Waals surface area contributed by atoms with Crippen LogP contribution in [0, 0.1) is 0 Å². The van der Waals surface area contributed by atoms with Gasteiger partial charge < -0.3 is 15.5 Å². The summed E-state index contributed by atoms with van der Waals surface area (Å²) in [5.41, 5.74) is 1.13. The predicted octanol–water partition coefficient (Wildman–Crippen LogP) is 3.37. The second kappa shape index (κ2) is 15.2. The first-order valence-electron chi connectivity index (χ1n) is 10.3. The molecule has 1 aromatic rings. The number of piperidine rings is 1. The lowest BCUT2D eigenvalue weighted by Crippen LogP contribution is -2.40. The van der Waals surface area contributed by atoms with Gasteiger partial charge in [0.05, 0.1) is 0 Å². The van der Waals surface area contributed by atoms with E-state index >= 15 is 0 Å². The molecule has 7 heteroatoms. The van der Waals surface area contributed by atoms with Crippen molar-refractivity contribution < 1.29 is 4.21 Å². The summed E-state index contributed by atoms with van der Waals surface area (Å²) in [6, 6.07) is 10.7. The Bertz CT molecular complexity index is 585. The van der Waals surface area contributed by atoms with Crippen LogP contribution in [0.5, 0.6) is 0 Å². The van der Waals surface area contributed by atoms with Crippen LogP contribution in [0.1, 0.15) is 45.1 Å². The molecule has 2 unspecified atom stereocenters. The molecule has 5 nitrogen and oxygen atoms in total. The minimum absolute atomic E-state index is 0. The van der Waals surface area contributed by atoms with Crippen LogP contribution in [0.4, 0.5) is 0 Å². The van der Waals surface area contributed by atoms with Crippen LogP contribution in [0.15, 0.2) is 35.3 Å². The first-order chi connectivity index (χ1) is 13.2. The smallest absolute Gasteiger partial charge is 0.191 e. The van der Waals surface area contributed by atoms with Crippen molar-refractivity contribution in [2.24, 2.45) is 4.99 Å². The van der Waals surface area contributed by atoms with Crippen molar-refractivity contribution in [3.05, 3.63) is 35.9 Å². The fourth-order valence-electron chi connectivity index (χ4n) is 3.41. The van der Waals surface area contributed by atoms with E-state index in [2.05, 4.69) is 34.4 Å². The predicted molar refractivity (Wildman–Crippen MR) is 132 cm³/mol. The highest BCUT2D eigenvalue weighted by Crippen LogP contribution is 2.16. The summed E-state index contributed by atoms with van der Waals surface area (Å²) in [4.78, 5) is 7.26. The number of hydrogen-bond donors (Lipinski definition) is 2. The fraction of sp³-hybridized carbons (Fsp3) is 0.667. The van der Waals surface area contributed by atoms with Gasteiger partial charge >= 0.3 is 0 Å². The van der Waals surface area contributed by atoms with Crippen molar-refractivity contribution in [3.8, 4) is 0 Å². The average Bonchev–Trinajstić information content (AvgIpc) is 2.67. The summed E-state index contributed by atoms with van der Waals surface area (Å²) in [7, 11) is -0.858. The van der Waals surface area contributed by atoms with E-state index in [9.17, 15) is 4.21 Å². The fourth-order valence-corrected chi connectivity index (χ4v) is 4.45. The van der Waals surface area contributed by atoms with Gasteiger partial charge in [0.2, 0.25) is 0 Å². The number of likely N-dealkylation sites (tertiary alicyclic amines) is 1. The molecule has 1 heterocycles. The molecule has 0 aromatic heterocycles. The molecular formula is C21H37IN4OS. The molecule has 1 saturated heterocycles. The Kier molecular flexibility index (Phi) is 13.8. The van der Waals surface area contributed by atoms with Crippen molar-refractivity contribution in [2.75, 3.05) is 38.5 Å². The zero-order valence-electron chi connectivity index (χ0n) is 17.4. The Labute approximate surface area is 190 Å². The quantitative estimate of drug-likeness (QED) is 0.215. The Morgan fingerprint density at radius 2 is 2.04 bits per heavy atom. The number of nitrogens with one attached hydrogen (secondary N) is 2. The summed E-state index contributed by atoms with van der Waals surface area (Å²) in [5.74, 6) is 2.08. The number of hydrogen-bond acceptors (Lipinski definition) is 3. The summed E-state index contributed by atoms with van der Waals surface area (Å²) < 4.78 is 12.2. The minimum Gasteiger partial charge on any atom is -0.357 e. The summed E-state index contributed by atoms with van der Waals surface area (Å²) in [5, 5.41) is 6.60. The van der Waals surface area contributed by atoms with Crippen molar-refractivity contribution in [1.29, 1.82) is 0 Å². The molecule has 0 amide bonds. The standard InChI is InChI=1S/C21H36N4OS.HI/c1-3-22-21(23-13-9-16-25-15-8-7-10-19(25)2)24-14-17-27(26)18-20-11-5-4-6-12-20;/h4-6,11-12,19H,3,7-10,13-18H2,1-2H3,(H2,22,23,24);1H. The Morgan fingerprint density at radius 1 is 1.25 bits per heavy atom. The Morgan fingerprint density at radius 3 is 2.75 bits per heavy atom. The molecule has 1 aliphatic heterocycles. The molecule has 28 heavy (non-hydrogen) atoms. The molecule has 160 valence electrons. The number of aliphatic imine (C=N–C) groups is 1. The monoisotopic (exact) mass is 520 g/mol. The molecule has 0 spiro atoms. The van der Waals surface area contributed by atoms with Gasteiger partial charge in [-0.3, -0.25) is 9.20 Å². The van der Waals surface area contributed by atoms with Gasteiger partial charge in [0.1, 0.15) is 0 Å². The lowest BCUT2D eigenvalue weighted by atomic mass is 10.0. The third-order valence-electron chi connectivity index (χ3n) is 4.95. The van der Waals surface area contributed by atoms with E-state index in [1.165, 1.54) is 25.8 Å². The van der Waals surface area contributed by atoms with Crippen molar-refractivity contribution in [1.82, 2.24) is 15.5 Å². The number of nitrogens with zero attached hydrogens (tertiary/aromatic N) is 2. The van der Waals surface area contributed by atoms with Crippen LogP contribution in [0.25, 0.3) is 0 Å². The van der Waals surface area contributed by atoms with Gasteiger partial charge in [-0.05, 0) is 45.2 Å². The number of benzene rings is 1. The molecule has 0 saturated carbocycles. The Hall–Kier alpha value is -0.670. The van der Waals surface area contributed by atoms with E-state index in [0.717, 1.165) is 37.6 Å². The summed E-state index contributed by atoms with van der Waals surface area (Å²) >= 11 is 0. The first-order valence-corrected chi connectivity index (χ1v) is 11.8. The molecule has 2 atom stereocenters. The lowest BCUT2D eigenvalue weighted by Gasteiger charge is -2.33. The number of rotatable bonds is 10. The highest BCUT2D eigenvalue weighted by atomic mass is 127. The second-order valence-corrected chi connectivity index (χ2v) is 8.77. The van der Waals surface area contributed by atoms with E-state index < -0.39 is 10.8 Å². The Balaban J connectivity index is 0.00000392. The summed E-state index contributed by atoms with van der Waals surface area (Å²) in [6.45, 7) is 9.10. The van der Waals surface area contributed by atoms with Crippen LogP contribution < -0.4 is 10.6 Å². The molecule has 2 rings (SSSR count). The molecule has 1 aliphatic rings. The van der Waals surface area contributed by atoms with Crippen molar-refractivity contribution in [2.45, 2.75) is 51.3 Å². The van der Waals surface area contributed by atoms with Gasteiger partial charge in [-0.25, -0.2) is 0 Å². The maximum Gasteiger partial charge on any atom is 0.191 e. The van der Waals surface area contributed by atoms with Gasteiger partial charge in [-0.15, -0.1) is 24.0 Å². The number of halogens is 1. The zero-order chi connectivity index (χ0) is 19.3. The third-order valence-corrected chi connectivity index (χ3v) is 6.27. The van der Waals surface area contributed by atoms with Crippen LogP contribution >= 0.6 is 24.0 Å². The third kappa shape index (κ3) is 10.2. The molecule has 0 radical (unpaired) electrons. The molecule has 1 fully saturated rings. The largest absolute Gasteiger partial charge is 0.357 e. The second-order valence-electron chi connectivity index (χ2n) is 7.20. The van der Waals surface area contributed by atoms with Crippen molar-refractivity contribution >= 4 is 40.7 Å². The van der Waals surface area contributed by atoms with Crippen LogP contribution in [-0.2, 0) is 16.6 Å².